The van der Waals surface area contributed by atoms with Gasteiger partial charge >= 0.3 is 5.97 Å². The van der Waals surface area contributed by atoms with Gasteiger partial charge in [-0.1, -0.05) is 36.9 Å². The highest BCUT2D eigenvalue weighted by Crippen LogP contribution is 2.07. The summed E-state index contributed by atoms with van der Waals surface area (Å²) in [6.45, 7) is 3.57. The molecule has 0 bridgehead atoms. The number of hydrogen-bond donors (Lipinski definition) is 0. The first-order valence-electron chi connectivity index (χ1n) is 4.25. The topological polar surface area (TPSA) is 26.3 Å². The first-order chi connectivity index (χ1) is 6.77. The van der Waals surface area contributed by atoms with E-state index in [4.69, 9.17) is 0 Å². The quantitative estimate of drug-likeness (QED) is 0.538. The summed E-state index contributed by atoms with van der Waals surface area (Å²) < 4.78 is 4.58. The molecule has 0 aliphatic heterocycles. The van der Waals surface area contributed by atoms with Crippen LogP contribution in [0.5, 0.6) is 0 Å². The van der Waals surface area contributed by atoms with Gasteiger partial charge in [0.2, 0.25) is 0 Å². The Morgan fingerprint density at radius 2 is 2.00 bits per heavy atom. The monoisotopic (exact) mass is 188 g/mol. The Morgan fingerprint density at radius 1 is 1.36 bits per heavy atom. The number of carbonyl (C=O) groups is 1. The number of rotatable bonds is 3. The second-order valence-electron chi connectivity index (χ2n) is 2.71. The van der Waals surface area contributed by atoms with E-state index in [1.807, 2.05) is 24.3 Å². The lowest BCUT2D eigenvalue weighted by Crippen LogP contribution is -2.00. The van der Waals surface area contributed by atoms with Gasteiger partial charge in [-0.25, -0.2) is 4.79 Å². The van der Waals surface area contributed by atoms with E-state index in [-0.39, 0.29) is 5.97 Å². The molecule has 0 saturated carbocycles. The molecule has 0 saturated heterocycles. The number of methoxy groups -OCH3 is 1. The van der Waals surface area contributed by atoms with Gasteiger partial charge in [0.05, 0.1) is 12.7 Å². The summed E-state index contributed by atoms with van der Waals surface area (Å²) in [6, 6.07) is 7.17. The summed E-state index contributed by atoms with van der Waals surface area (Å²) >= 11 is 0. The van der Waals surface area contributed by atoms with Gasteiger partial charge in [0.15, 0.2) is 0 Å². The van der Waals surface area contributed by atoms with Crippen molar-refractivity contribution in [3.8, 4) is 0 Å². The smallest absolute Gasteiger partial charge is 0.337 e. The molecule has 0 fully saturated rings. The predicted octanol–water partition coefficient (Wildman–Crippen LogP) is 2.67. The maximum absolute atomic E-state index is 11.1. The number of benzene rings is 1. The summed E-state index contributed by atoms with van der Waals surface area (Å²) in [5, 5.41) is 0. The Morgan fingerprint density at radius 3 is 2.50 bits per heavy atom. The largest absolute Gasteiger partial charge is 0.465 e. The van der Waals surface area contributed by atoms with Crippen molar-refractivity contribution in [3.63, 3.8) is 0 Å². The maximum Gasteiger partial charge on any atom is 0.337 e. The van der Waals surface area contributed by atoms with E-state index in [1.165, 1.54) is 7.11 Å². The van der Waals surface area contributed by atoms with Crippen molar-refractivity contribution < 1.29 is 9.53 Å². The summed E-state index contributed by atoms with van der Waals surface area (Å²) in [6.07, 6.45) is 5.45. The Bertz CT molecular complexity index is 347. The van der Waals surface area contributed by atoms with E-state index in [1.54, 1.807) is 18.2 Å². The van der Waals surface area contributed by atoms with E-state index in [0.717, 1.165) is 5.56 Å². The SMILES string of the molecule is C=CC=Cc1ccc(C(=O)OC)cc1. The van der Waals surface area contributed by atoms with E-state index < -0.39 is 0 Å². The van der Waals surface area contributed by atoms with Gasteiger partial charge < -0.3 is 4.74 Å². The lowest BCUT2D eigenvalue weighted by molar-refractivity contribution is 0.0601. The zero-order valence-corrected chi connectivity index (χ0v) is 8.07. The molecule has 1 aromatic carbocycles. The molecule has 0 spiro atoms. The van der Waals surface area contributed by atoms with E-state index in [2.05, 4.69) is 11.3 Å². The van der Waals surface area contributed by atoms with Crippen LogP contribution in [0.1, 0.15) is 15.9 Å². The van der Waals surface area contributed by atoms with Gasteiger partial charge in [-0.3, -0.25) is 0 Å². The normalized spacial score (nSPS) is 10.1. The van der Waals surface area contributed by atoms with Crippen LogP contribution in [-0.2, 0) is 4.74 Å². The Hall–Kier alpha value is -1.83. The second-order valence-corrected chi connectivity index (χ2v) is 2.71. The third-order valence-corrected chi connectivity index (χ3v) is 1.76. The molecule has 0 aliphatic carbocycles. The van der Waals surface area contributed by atoms with E-state index in [0.29, 0.717) is 5.56 Å². The van der Waals surface area contributed by atoms with E-state index in [9.17, 15) is 4.79 Å². The summed E-state index contributed by atoms with van der Waals surface area (Å²) in [7, 11) is 1.37. The number of hydrogen-bond acceptors (Lipinski definition) is 2. The van der Waals surface area contributed by atoms with Crippen molar-refractivity contribution >= 4 is 12.0 Å². The van der Waals surface area contributed by atoms with Crippen LogP contribution in [0.4, 0.5) is 0 Å². The predicted molar refractivity (Wildman–Crippen MR) is 57.0 cm³/mol. The van der Waals surface area contributed by atoms with Crippen molar-refractivity contribution in [1.82, 2.24) is 0 Å². The molecule has 0 atom stereocenters. The summed E-state index contributed by atoms with van der Waals surface area (Å²) in [5.41, 5.74) is 1.58. The van der Waals surface area contributed by atoms with Gasteiger partial charge in [-0.2, -0.15) is 0 Å². The molecule has 0 heterocycles. The van der Waals surface area contributed by atoms with E-state index >= 15 is 0 Å². The van der Waals surface area contributed by atoms with Crippen molar-refractivity contribution in [2.24, 2.45) is 0 Å². The van der Waals surface area contributed by atoms with Gasteiger partial charge in [0.25, 0.3) is 0 Å². The molecule has 2 nitrogen and oxygen atoms in total. The minimum absolute atomic E-state index is 0.316. The van der Waals surface area contributed by atoms with Crippen LogP contribution in [0.25, 0.3) is 6.08 Å². The number of allylic oxidation sites excluding steroid dienone is 2. The Balaban J connectivity index is 2.83. The van der Waals surface area contributed by atoms with Gasteiger partial charge in [0.1, 0.15) is 0 Å². The molecule has 0 amide bonds. The minimum atomic E-state index is -0.316. The molecule has 0 radical (unpaired) electrons. The lowest BCUT2D eigenvalue weighted by Gasteiger charge is -1.98. The Labute approximate surface area is 83.5 Å². The molecular weight excluding hydrogens is 176 g/mol. The first kappa shape index (κ1) is 10.3. The van der Waals surface area contributed by atoms with Crippen LogP contribution in [0.2, 0.25) is 0 Å². The fraction of sp³-hybridized carbons (Fsp3) is 0.0833. The highest BCUT2D eigenvalue weighted by molar-refractivity contribution is 5.89. The van der Waals surface area contributed by atoms with Gasteiger partial charge in [-0.15, -0.1) is 0 Å². The number of carbonyl (C=O) groups excluding carboxylic acids is 1. The molecule has 0 N–H and O–H groups in total. The fourth-order valence-electron chi connectivity index (χ4n) is 1.03. The zero-order valence-electron chi connectivity index (χ0n) is 8.07. The average Bonchev–Trinajstić information content (AvgIpc) is 2.26. The molecule has 2 heteroatoms. The molecule has 1 aromatic rings. The van der Waals surface area contributed by atoms with Crippen molar-refractivity contribution in [2.75, 3.05) is 7.11 Å². The van der Waals surface area contributed by atoms with Crippen molar-refractivity contribution in [1.29, 1.82) is 0 Å². The second kappa shape index (κ2) is 5.02. The lowest BCUT2D eigenvalue weighted by atomic mass is 10.1. The first-order valence-corrected chi connectivity index (χ1v) is 4.25. The third-order valence-electron chi connectivity index (χ3n) is 1.76. The number of esters is 1. The standard InChI is InChI=1S/C12H12O2/c1-3-4-5-10-6-8-11(9-7-10)12(13)14-2/h3-9H,1H2,2H3. The van der Waals surface area contributed by atoms with Crippen LogP contribution in [0.3, 0.4) is 0 Å². The Kier molecular flexibility index (Phi) is 3.68. The zero-order chi connectivity index (χ0) is 10.4. The molecular formula is C12H12O2. The van der Waals surface area contributed by atoms with Crippen molar-refractivity contribution in [2.45, 2.75) is 0 Å². The number of ether oxygens (including phenoxy) is 1. The van der Waals surface area contributed by atoms with Crippen molar-refractivity contribution in [3.05, 3.63) is 54.1 Å². The molecule has 0 aliphatic rings. The molecule has 72 valence electrons. The molecule has 0 aromatic heterocycles. The van der Waals surface area contributed by atoms with Gasteiger partial charge in [0, 0.05) is 0 Å². The summed E-state index contributed by atoms with van der Waals surface area (Å²) in [5.74, 6) is -0.316. The third kappa shape index (κ3) is 2.59. The van der Waals surface area contributed by atoms with Crippen LogP contribution in [-0.4, -0.2) is 13.1 Å². The molecule has 1 rings (SSSR count). The minimum Gasteiger partial charge on any atom is -0.465 e. The molecule has 14 heavy (non-hydrogen) atoms. The highest BCUT2D eigenvalue weighted by atomic mass is 16.5. The highest BCUT2D eigenvalue weighted by Gasteiger charge is 2.02. The maximum atomic E-state index is 11.1. The van der Waals surface area contributed by atoms with Crippen LogP contribution in [0.15, 0.2) is 43.0 Å². The van der Waals surface area contributed by atoms with Crippen LogP contribution in [0, 0.1) is 0 Å². The molecule has 0 unspecified atom stereocenters. The van der Waals surface area contributed by atoms with Crippen LogP contribution < -0.4 is 0 Å². The van der Waals surface area contributed by atoms with Crippen LogP contribution >= 0.6 is 0 Å². The van der Waals surface area contributed by atoms with Gasteiger partial charge in [-0.05, 0) is 17.7 Å². The summed E-state index contributed by atoms with van der Waals surface area (Å²) in [4.78, 5) is 11.1. The average molecular weight is 188 g/mol. The fourth-order valence-corrected chi connectivity index (χ4v) is 1.03.